The molecule has 0 aromatic carbocycles. The van der Waals surface area contributed by atoms with Crippen molar-refractivity contribution in [1.29, 1.82) is 0 Å². The molecule has 1 aromatic heterocycles. The van der Waals surface area contributed by atoms with Crippen LogP contribution in [0.25, 0.3) is 0 Å². The van der Waals surface area contributed by atoms with Crippen LogP contribution in [0.4, 0.5) is 0 Å². The van der Waals surface area contributed by atoms with E-state index in [0.717, 1.165) is 10.2 Å². The first-order valence-electron chi connectivity index (χ1n) is 2.77. The van der Waals surface area contributed by atoms with Crippen molar-refractivity contribution in [3.05, 3.63) is 16.4 Å². The van der Waals surface area contributed by atoms with E-state index in [9.17, 15) is 0 Å². The number of ether oxygens (including phenoxy) is 1. The van der Waals surface area contributed by atoms with Crippen LogP contribution in [0.3, 0.4) is 0 Å². The highest BCUT2D eigenvalue weighted by atomic mass is 79.9. The monoisotopic (exact) mass is 202 g/mol. The Balaban J connectivity index is 3.04. The average Bonchev–Trinajstić information content (AvgIpc) is 1.95. The summed E-state index contributed by atoms with van der Waals surface area (Å²) >= 11 is 3.28. The van der Waals surface area contributed by atoms with Crippen LogP contribution < -0.4 is 4.74 Å². The first kappa shape index (κ1) is 7.47. The van der Waals surface area contributed by atoms with Crippen LogP contribution >= 0.6 is 15.9 Å². The van der Waals surface area contributed by atoms with Gasteiger partial charge in [-0.05, 0) is 22.9 Å². The number of hydrogen-bond acceptors (Lipinski definition) is 3. The lowest BCUT2D eigenvalue weighted by molar-refractivity contribution is 0.378. The molecule has 1 aromatic rings. The fourth-order valence-corrected chi connectivity index (χ4v) is 0.720. The number of methoxy groups -OCH3 is 1. The number of aromatic nitrogens is 2. The van der Waals surface area contributed by atoms with E-state index in [1.54, 1.807) is 13.3 Å². The third-order valence-electron chi connectivity index (χ3n) is 1.08. The predicted molar refractivity (Wildman–Crippen MR) is 41.0 cm³/mol. The second kappa shape index (κ2) is 2.96. The van der Waals surface area contributed by atoms with Gasteiger partial charge in [0.1, 0.15) is 0 Å². The molecule has 0 aliphatic heterocycles. The van der Waals surface area contributed by atoms with Gasteiger partial charge in [0.05, 0.1) is 17.3 Å². The molecule has 1 heterocycles. The van der Waals surface area contributed by atoms with Crippen LogP contribution in [0.15, 0.2) is 10.7 Å². The van der Waals surface area contributed by atoms with E-state index in [4.69, 9.17) is 4.74 Å². The number of rotatable bonds is 1. The molecule has 0 bridgehead atoms. The summed E-state index contributed by atoms with van der Waals surface area (Å²) in [4.78, 5) is 7.89. The van der Waals surface area contributed by atoms with Crippen molar-refractivity contribution in [3.8, 4) is 6.01 Å². The number of hydrogen-bond donors (Lipinski definition) is 0. The fraction of sp³-hybridized carbons (Fsp3) is 0.333. The molecule has 0 saturated carbocycles. The number of aryl methyl sites for hydroxylation is 1. The highest BCUT2D eigenvalue weighted by Gasteiger charge is 1.97. The molecular weight excluding hydrogens is 196 g/mol. The van der Waals surface area contributed by atoms with Gasteiger partial charge in [-0.2, -0.15) is 4.98 Å². The molecule has 0 aliphatic carbocycles. The second-order valence-corrected chi connectivity index (χ2v) is 2.64. The zero-order valence-electron chi connectivity index (χ0n) is 5.76. The molecule has 0 radical (unpaired) electrons. The lowest BCUT2D eigenvalue weighted by Gasteiger charge is -1.98. The van der Waals surface area contributed by atoms with Gasteiger partial charge in [0.25, 0.3) is 0 Å². The Morgan fingerprint density at radius 1 is 1.60 bits per heavy atom. The minimum atomic E-state index is 0.403. The molecule has 0 aliphatic rings. The van der Waals surface area contributed by atoms with Gasteiger partial charge in [-0.1, -0.05) is 0 Å². The summed E-state index contributed by atoms with van der Waals surface area (Å²) in [6.45, 7) is 1.88. The molecule has 0 amide bonds. The molecule has 4 heteroatoms. The predicted octanol–water partition coefficient (Wildman–Crippen LogP) is 1.56. The lowest BCUT2D eigenvalue weighted by Crippen LogP contribution is -1.93. The maximum atomic E-state index is 4.81. The molecular formula is C6H7BrN2O. The molecule has 0 N–H and O–H groups in total. The van der Waals surface area contributed by atoms with Crippen molar-refractivity contribution in [1.82, 2.24) is 9.97 Å². The highest BCUT2D eigenvalue weighted by Crippen LogP contribution is 2.13. The molecule has 0 atom stereocenters. The van der Waals surface area contributed by atoms with Crippen molar-refractivity contribution in [2.45, 2.75) is 6.92 Å². The van der Waals surface area contributed by atoms with E-state index in [1.165, 1.54) is 0 Å². The first-order chi connectivity index (χ1) is 4.74. The minimum Gasteiger partial charge on any atom is -0.467 e. The highest BCUT2D eigenvalue weighted by molar-refractivity contribution is 9.10. The van der Waals surface area contributed by atoms with E-state index >= 15 is 0 Å². The van der Waals surface area contributed by atoms with Gasteiger partial charge in [-0.15, -0.1) is 0 Å². The topological polar surface area (TPSA) is 35.0 Å². The van der Waals surface area contributed by atoms with Gasteiger partial charge in [0, 0.05) is 6.20 Å². The largest absolute Gasteiger partial charge is 0.467 e. The quantitative estimate of drug-likeness (QED) is 0.694. The van der Waals surface area contributed by atoms with Crippen molar-refractivity contribution >= 4 is 15.9 Å². The Morgan fingerprint density at radius 3 is 2.80 bits per heavy atom. The van der Waals surface area contributed by atoms with Crippen LogP contribution in [0.1, 0.15) is 5.69 Å². The SMILES string of the molecule is COc1ncc(Br)c(C)n1. The average molecular weight is 203 g/mol. The Hall–Kier alpha value is -0.640. The maximum absolute atomic E-state index is 4.81. The lowest BCUT2D eigenvalue weighted by atomic mass is 10.5. The van der Waals surface area contributed by atoms with E-state index < -0.39 is 0 Å². The van der Waals surface area contributed by atoms with Gasteiger partial charge in [0.15, 0.2) is 0 Å². The summed E-state index contributed by atoms with van der Waals surface area (Å²) in [6, 6.07) is 0.403. The van der Waals surface area contributed by atoms with Gasteiger partial charge in [-0.3, -0.25) is 0 Å². The normalized spacial score (nSPS) is 9.50. The molecule has 0 spiro atoms. The second-order valence-electron chi connectivity index (χ2n) is 1.79. The third-order valence-corrected chi connectivity index (χ3v) is 1.86. The van der Waals surface area contributed by atoms with Crippen molar-refractivity contribution in [2.24, 2.45) is 0 Å². The van der Waals surface area contributed by atoms with E-state index in [-0.39, 0.29) is 0 Å². The van der Waals surface area contributed by atoms with Crippen LogP contribution in [0.2, 0.25) is 0 Å². The molecule has 54 valence electrons. The van der Waals surface area contributed by atoms with Crippen LogP contribution in [-0.2, 0) is 0 Å². The number of halogens is 1. The van der Waals surface area contributed by atoms with Crippen molar-refractivity contribution in [2.75, 3.05) is 7.11 Å². The van der Waals surface area contributed by atoms with Crippen molar-refractivity contribution in [3.63, 3.8) is 0 Å². The van der Waals surface area contributed by atoms with Crippen LogP contribution in [0.5, 0.6) is 6.01 Å². The minimum absolute atomic E-state index is 0.403. The fourth-order valence-electron chi connectivity index (χ4n) is 0.529. The first-order valence-corrected chi connectivity index (χ1v) is 3.56. The van der Waals surface area contributed by atoms with E-state index in [2.05, 4.69) is 25.9 Å². The van der Waals surface area contributed by atoms with Gasteiger partial charge >= 0.3 is 6.01 Å². The molecule has 0 unspecified atom stereocenters. The summed E-state index contributed by atoms with van der Waals surface area (Å²) in [6.07, 6.45) is 1.67. The van der Waals surface area contributed by atoms with Gasteiger partial charge in [0.2, 0.25) is 0 Å². The smallest absolute Gasteiger partial charge is 0.316 e. The molecule has 0 saturated heterocycles. The van der Waals surface area contributed by atoms with Gasteiger partial charge < -0.3 is 4.74 Å². The third kappa shape index (κ3) is 1.44. The maximum Gasteiger partial charge on any atom is 0.316 e. The molecule has 10 heavy (non-hydrogen) atoms. The Labute approximate surface area is 67.6 Å². The molecule has 1 rings (SSSR count). The Morgan fingerprint density at radius 2 is 2.30 bits per heavy atom. The van der Waals surface area contributed by atoms with Crippen LogP contribution in [-0.4, -0.2) is 17.1 Å². The summed E-state index contributed by atoms with van der Waals surface area (Å²) < 4.78 is 5.70. The molecule has 3 nitrogen and oxygen atoms in total. The van der Waals surface area contributed by atoms with Crippen LogP contribution in [0, 0.1) is 6.92 Å². The summed E-state index contributed by atoms with van der Waals surface area (Å²) in [7, 11) is 1.54. The standard InChI is InChI=1S/C6H7BrN2O/c1-4-5(7)3-8-6(9-4)10-2/h3H,1-2H3. The van der Waals surface area contributed by atoms with Gasteiger partial charge in [-0.25, -0.2) is 4.98 Å². The number of nitrogens with zero attached hydrogens (tertiary/aromatic N) is 2. The Bertz CT molecular complexity index is 239. The zero-order valence-corrected chi connectivity index (χ0v) is 7.34. The van der Waals surface area contributed by atoms with E-state index in [1.807, 2.05) is 6.92 Å². The molecule has 0 fully saturated rings. The van der Waals surface area contributed by atoms with Crippen molar-refractivity contribution < 1.29 is 4.74 Å². The summed E-state index contributed by atoms with van der Waals surface area (Å²) in [5.41, 5.74) is 0.881. The zero-order chi connectivity index (χ0) is 7.56. The Kier molecular flexibility index (Phi) is 2.21. The summed E-state index contributed by atoms with van der Waals surface area (Å²) in [5, 5.41) is 0. The summed E-state index contributed by atoms with van der Waals surface area (Å²) in [5.74, 6) is 0. The van der Waals surface area contributed by atoms with E-state index in [0.29, 0.717) is 6.01 Å².